The molecule has 5 nitrogen and oxygen atoms in total. The molecule has 3 N–H and O–H groups in total. The van der Waals surface area contributed by atoms with Gasteiger partial charge < -0.3 is 24.8 Å². The number of hydrogen-bond donors (Lipinski definition) is 3. The average Bonchev–Trinajstić information content (AvgIpc) is 3.08. The Balaban J connectivity index is 1.82. The number of aliphatic hydroxyl groups is 3. The van der Waals surface area contributed by atoms with Gasteiger partial charge in [-0.2, -0.15) is 0 Å². The molecule has 0 unspecified atom stereocenters. The van der Waals surface area contributed by atoms with Crippen LogP contribution in [-0.2, 0) is 9.47 Å². The molecule has 0 aliphatic carbocycles. The molecule has 1 fully saturated rings. The number of aliphatic hydroxyl groups excluding tert-OH is 3. The maximum absolute atomic E-state index is 9.84. The minimum Gasteiger partial charge on any atom is -0.394 e. The van der Waals surface area contributed by atoms with E-state index in [-0.39, 0.29) is 13.2 Å². The smallest absolute Gasteiger partial charge is 0.114 e. The van der Waals surface area contributed by atoms with Crippen LogP contribution < -0.4 is 0 Å². The van der Waals surface area contributed by atoms with E-state index in [9.17, 15) is 15.3 Å². The lowest BCUT2D eigenvalue weighted by molar-refractivity contribution is -0.101. The van der Waals surface area contributed by atoms with Gasteiger partial charge in [0.25, 0.3) is 0 Å². The SMILES string of the molecule is CCCCC/C=C/CCCCCCCCCCCCO[C@@H](CO)[C@H]1OC[C@@H](O)[C@H]1O. The highest BCUT2D eigenvalue weighted by molar-refractivity contribution is 4.88. The third-order valence-electron chi connectivity index (χ3n) is 5.97. The van der Waals surface area contributed by atoms with Crippen molar-refractivity contribution in [2.24, 2.45) is 0 Å². The topological polar surface area (TPSA) is 79.2 Å². The van der Waals surface area contributed by atoms with Crippen LogP contribution in [0.5, 0.6) is 0 Å². The third kappa shape index (κ3) is 13.1. The average molecular weight is 429 g/mol. The van der Waals surface area contributed by atoms with Crippen LogP contribution in [0.3, 0.4) is 0 Å². The van der Waals surface area contributed by atoms with Crippen molar-refractivity contribution in [3.63, 3.8) is 0 Å². The van der Waals surface area contributed by atoms with Crippen LogP contribution in [0.1, 0.15) is 103 Å². The minimum atomic E-state index is -0.978. The van der Waals surface area contributed by atoms with Gasteiger partial charge >= 0.3 is 0 Å². The van der Waals surface area contributed by atoms with Gasteiger partial charge in [-0.3, -0.25) is 0 Å². The van der Waals surface area contributed by atoms with Crippen LogP contribution in [0, 0.1) is 0 Å². The summed E-state index contributed by atoms with van der Waals surface area (Å²) in [6.45, 7) is 2.70. The molecular formula is C25H48O5. The molecule has 1 heterocycles. The van der Waals surface area contributed by atoms with E-state index >= 15 is 0 Å². The summed E-state index contributed by atoms with van der Waals surface area (Å²) in [4.78, 5) is 0. The van der Waals surface area contributed by atoms with E-state index in [2.05, 4.69) is 19.1 Å². The normalized spacial score (nSPS) is 22.9. The van der Waals surface area contributed by atoms with E-state index < -0.39 is 24.4 Å². The van der Waals surface area contributed by atoms with Crippen molar-refractivity contribution in [2.45, 2.75) is 128 Å². The molecule has 30 heavy (non-hydrogen) atoms. The van der Waals surface area contributed by atoms with Gasteiger partial charge in [0.05, 0.1) is 13.2 Å². The van der Waals surface area contributed by atoms with Gasteiger partial charge in [-0.15, -0.1) is 0 Å². The second-order valence-corrected chi connectivity index (χ2v) is 8.74. The van der Waals surface area contributed by atoms with Crippen LogP contribution in [0.15, 0.2) is 12.2 Å². The lowest BCUT2D eigenvalue weighted by Crippen LogP contribution is -2.42. The molecule has 0 spiro atoms. The van der Waals surface area contributed by atoms with E-state index in [0.29, 0.717) is 6.61 Å². The Hall–Kier alpha value is -0.460. The maximum atomic E-state index is 9.84. The van der Waals surface area contributed by atoms with Gasteiger partial charge in [-0.1, -0.05) is 83.3 Å². The Kier molecular flexibility index (Phi) is 17.7. The Labute approximate surface area is 184 Å². The van der Waals surface area contributed by atoms with Crippen molar-refractivity contribution in [1.82, 2.24) is 0 Å². The number of allylic oxidation sites excluding steroid dienone is 2. The first-order chi connectivity index (χ1) is 14.7. The number of unbranched alkanes of at least 4 members (excludes halogenated alkanes) is 13. The fraction of sp³-hybridized carbons (Fsp3) is 0.920. The van der Waals surface area contributed by atoms with E-state index in [0.717, 1.165) is 12.8 Å². The molecule has 0 aromatic carbocycles. The van der Waals surface area contributed by atoms with Gasteiger partial charge in [-0.05, 0) is 32.1 Å². The zero-order valence-corrected chi connectivity index (χ0v) is 19.4. The first kappa shape index (κ1) is 27.6. The summed E-state index contributed by atoms with van der Waals surface area (Å²) in [5.74, 6) is 0. The van der Waals surface area contributed by atoms with Gasteiger partial charge in [-0.25, -0.2) is 0 Å². The van der Waals surface area contributed by atoms with E-state index in [1.165, 1.54) is 83.5 Å². The van der Waals surface area contributed by atoms with Crippen molar-refractivity contribution >= 4 is 0 Å². The quantitative estimate of drug-likeness (QED) is 0.190. The zero-order chi connectivity index (χ0) is 21.9. The Bertz CT molecular complexity index is 401. The largest absolute Gasteiger partial charge is 0.394 e. The molecule has 5 heteroatoms. The van der Waals surface area contributed by atoms with E-state index in [4.69, 9.17) is 9.47 Å². The van der Waals surface area contributed by atoms with E-state index in [1.54, 1.807) is 0 Å². The van der Waals surface area contributed by atoms with Gasteiger partial charge in [0, 0.05) is 6.61 Å². The summed E-state index contributed by atoms with van der Waals surface area (Å²) in [7, 11) is 0. The van der Waals surface area contributed by atoms with Crippen LogP contribution in [0.4, 0.5) is 0 Å². The molecular weight excluding hydrogens is 380 g/mol. The van der Waals surface area contributed by atoms with Crippen molar-refractivity contribution in [3.05, 3.63) is 12.2 Å². The summed E-state index contributed by atoms with van der Waals surface area (Å²) >= 11 is 0. The molecule has 178 valence electrons. The molecule has 0 saturated carbocycles. The molecule has 0 amide bonds. The molecule has 4 atom stereocenters. The summed E-state index contributed by atoms with van der Waals surface area (Å²) in [5.41, 5.74) is 0. The highest BCUT2D eigenvalue weighted by atomic mass is 16.6. The highest BCUT2D eigenvalue weighted by Crippen LogP contribution is 2.20. The standard InChI is InChI=1S/C25H48O5/c1-2-3-4-5-6-7-8-9-10-11-12-13-14-15-16-17-18-19-29-23(20-26)25-24(28)22(27)21-30-25/h6-7,22-28H,2-5,8-21H2,1H3/b7-6+/t22-,23+,24-,25-/m1/s1. The Morgan fingerprint density at radius 3 is 1.87 bits per heavy atom. The molecule has 0 radical (unpaired) electrons. The van der Waals surface area contributed by atoms with Crippen LogP contribution in [0.25, 0.3) is 0 Å². The fourth-order valence-electron chi connectivity index (χ4n) is 3.97. The van der Waals surface area contributed by atoms with Crippen molar-refractivity contribution in [3.8, 4) is 0 Å². The van der Waals surface area contributed by atoms with Crippen LogP contribution in [0.2, 0.25) is 0 Å². The number of hydrogen-bond acceptors (Lipinski definition) is 5. The molecule has 0 aromatic heterocycles. The van der Waals surface area contributed by atoms with Crippen molar-refractivity contribution in [1.29, 1.82) is 0 Å². The summed E-state index contributed by atoms with van der Waals surface area (Å²) in [6, 6.07) is 0. The molecule has 0 aromatic rings. The predicted molar refractivity (Wildman–Crippen MR) is 123 cm³/mol. The first-order valence-electron chi connectivity index (χ1n) is 12.6. The first-order valence-corrected chi connectivity index (χ1v) is 12.6. The molecule has 1 saturated heterocycles. The van der Waals surface area contributed by atoms with Crippen molar-refractivity contribution < 1.29 is 24.8 Å². The number of rotatable bonds is 20. The van der Waals surface area contributed by atoms with E-state index in [1.807, 2.05) is 0 Å². The van der Waals surface area contributed by atoms with Gasteiger partial charge in [0.1, 0.15) is 24.4 Å². The fourth-order valence-corrected chi connectivity index (χ4v) is 3.97. The molecule has 1 aliphatic rings. The second-order valence-electron chi connectivity index (χ2n) is 8.74. The van der Waals surface area contributed by atoms with Crippen molar-refractivity contribution in [2.75, 3.05) is 19.8 Å². The Morgan fingerprint density at radius 1 is 0.833 bits per heavy atom. The van der Waals surface area contributed by atoms with Gasteiger partial charge in [0.2, 0.25) is 0 Å². The molecule has 1 aliphatic heterocycles. The third-order valence-corrected chi connectivity index (χ3v) is 5.97. The second kappa shape index (κ2) is 19.2. The summed E-state index contributed by atoms with van der Waals surface area (Å²) < 4.78 is 11.0. The molecule has 0 bridgehead atoms. The van der Waals surface area contributed by atoms with Crippen LogP contribution in [-0.4, -0.2) is 59.6 Å². The number of ether oxygens (including phenoxy) is 2. The molecule has 1 rings (SSSR count). The van der Waals surface area contributed by atoms with Gasteiger partial charge in [0.15, 0.2) is 0 Å². The predicted octanol–water partition coefficient (Wildman–Crippen LogP) is 4.91. The minimum absolute atomic E-state index is 0.0991. The summed E-state index contributed by atoms with van der Waals surface area (Å²) in [5, 5.41) is 28.8. The summed E-state index contributed by atoms with van der Waals surface area (Å²) in [6.07, 6.45) is 20.8. The monoisotopic (exact) mass is 428 g/mol. The zero-order valence-electron chi connectivity index (χ0n) is 19.4. The highest BCUT2D eigenvalue weighted by Gasteiger charge is 2.40. The lowest BCUT2D eigenvalue weighted by atomic mass is 10.1. The van der Waals surface area contributed by atoms with Crippen LogP contribution >= 0.6 is 0 Å². The lowest BCUT2D eigenvalue weighted by Gasteiger charge is -2.24. The Morgan fingerprint density at radius 2 is 1.37 bits per heavy atom. The maximum Gasteiger partial charge on any atom is 0.114 e.